The minimum absolute atomic E-state index is 0.0110. The van der Waals surface area contributed by atoms with Gasteiger partial charge in [-0.15, -0.1) is 0 Å². The Morgan fingerprint density at radius 1 is 1.15 bits per heavy atom. The number of benzene rings is 2. The average molecular weight is 516 g/mol. The van der Waals surface area contributed by atoms with Crippen LogP contribution in [0.3, 0.4) is 0 Å². The van der Waals surface area contributed by atoms with Crippen LogP contribution < -0.4 is 4.80 Å². The molecule has 0 bridgehead atoms. The normalized spacial score (nSPS) is 12.1. The number of hydrogen-bond acceptors (Lipinski definition) is 6. The van der Waals surface area contributed by atoms with Crippen molar-refractivity contribution in [2.45, 2.75) is 38.1 Å². The summed E-state index contributed by atoms with van der Waals surface area (Å²) >= 11 is 7.54. The van der Waals surface area contributed by atoms with E-state index >= 15 is 0 Å². The van der Waals surface area contributed by atoms with Crippen molar-refractivity contribution < 1.29 is 13.2 Å². The van der Waals surface area contributed by atoms with Crippen LogP contribution in [0.2, 0.25) is 5.02 Å². The zero-order valence-electron chi connectivity index (χ0n) is 18.7. The number of halogens is 1. The molecular formula is C23H22ClN5O3S2. The second-order valence-corrected chi connectivity index (χ2v) is 10.7. The van der Waals surface area contributed by atoms with Crippen LogP contribution in [0.25, 0.3) is 10.2 Å². The molecule has 176 valence electrons. The molecule has 0 spiro atoms. The summed E-state index contributed by atoms with van der Waals surface area (Å²) in [6.07, 6.45) is 0.0226. The van der Waals surface area contributed by atoms with Crippen molar-refractivity contribution in [2.75, 3.05) is 13.1 Å². The largest absolute Gasteiger partial charge is 0.316 e. The van der Waals surface area contributed by atoms with Crippen LogP contribution in [-0.4, -0.2) is 36.3 Å². The van der Waals surface area contributed by atoms with Gasteiger partial charge in [-0.3, -0.25) is 4.79 Å². The molecule has 0 aliphatic carbocycles. The van der Waals surface area contributed by atoms with Gasteiger partial charge in [0.2, 0.25) is 10.0 Å². The Morgan fingerprint density at radius 2 is 1.76 bits per heavy atom. The molecule has 1 aromatic heterocycles. The first-order valence-corrected chi connectivity index (χ1v) is 13.1. The van der Waals surface area contributed by atoms with E-state index in [0.29, 0.717) is 16.4 Å². The molecule has 0 aliphatic heterocycles. The summed E-state index contributed by atoms with van der Waals surface area (Å²) in [5.41, 5.74) is 2.20. The Morgan fingerprint density at radius 3 is 2.32 bits per heavy atom. The SMILES string of the molecule is CCn1c(=NC(=O)c2ccc(S(=O)(=O)N(CCC#N)CCC#N)cc2)sc2cc(Cl)cc(C)c21. The lowest BCUT2D eigenvalue weighted by molar-refractivity contribution is 0.0997. The Bertz CT molecular complexity index is 1460. The molecule has 8 nitrogen and oxygen atoms in total. The summed E-state index contributed by atoms with van der Waals surface area (Å²) < 4.78 is 29.9. The highest BCUT2D eigenvalue weighted by Gasteiger charge is 2.24. The van der Waals surface area contributed by atoms with Gasteiger partial charge in [0.05, 0.1) is 27.3 Å². The standard InChI is InChI=1S/C23H22ClN5O3S2/c1-3-29-21-16(2)14-18(24)15-20(21)33-23(29)27-22(30)17-6-8-19(9-7-17)34(31,32)28(12-4-10-25)13-5-11-26/h6-9,14-15H,3-5,12-13H2,1-2H3. The van der Waals surface area contributed by atoms with Crippen LogP contribution in [0.5, 0.6) is 0 Å². The van der Waals surface area contributed by atoms with Gasteiger partial charge < -0.3 is 4.57 Å². The number of nitrogens with zero attached hydrogens (tertiary/aromatic N) is 5. The highest BCUT2D eigenvalue weighted by atomic mass is 35.5. The highest BCUT2D eigenvalue weighted by Crippen LogP contribution is 2.26. The van der Waals surface area contributed by atoms with E-state index in [1.54, 1.807) is 0 Å². The van der Waals surface area contributed by atoms with Gasteiger partial charge in [0.15, 0.2) is 4.80 Å². The number of carbonyl (C=O) groups excluding carboxylic acids is 1. The number of hydrogen-bond donors (Lipinski definition) is 0. The predicted molar refractivity (Wildman–Crippen MR) is 131 cm³/mol. The van der Waals surface area contributed by atoms with Gasteiger partial charge >= 0.3 is 0 Å². The Kier molecular flexibility index (Phi) is 8.24. The van der Waals surface area contributed by atoms with Crippen molar-refractivity contribution in [1.29, 1.82) is 10.5 Å². The molecule has 3 aromatic rings. The maximum Gasteiger partial charge on any atom is 0.279 e. The van der Waals surface area contributed by atoms with E-state index in [0.717, 1.165) is 20.1 Å². The molecule has 2 aromatic carbocycles. The molecule has 0 radical (unpaired) electrons. The van der Waals surface area contributed by atoms with Crippen molar-refractivity contribution in [3.63, 3.8) is 0 Å². The number of nitriles is 2. The van der Waals surface area contributed by atoms with Gasteiger partial charge in [-0.1, -0.05) is 22.9 Å². The van der Waals surface area contributed by atoms with Crippen molar-refractivity contribution in [2.24, 2.45) is 4.99 Å². The lowest BCUT2D eigenvalue weighted by atomic mass is 10.2. The first kappa shape index (κ1) is 25.6. The van der Waals surface area contributed by atoms with E-state index in [1.165, 1.54) is 35.6 Å². The number of amides is 1. The van der Waals surface area contributed by atoms with Crippen LogP contribution in [0.1, 0.15) is 35.7 Å². The molecule has 3 rings (SSSR count). The second-order valence-electron chi connectivity index (χ2n) is 7.36. The Labute approximate surface area is 207 Å². The maximum atomic E-state index is 12.9. The lowest BCUT2D eigenvalue weighted by Crippen LogP contribution is -2.32. The molecule has 0 N–H and O–H groups in total. The molecule has 0 atom stereocenters. The maximum absolute atomic E-state index is 12.9. The monoisotopic (exact) mass is 515 g/mol. The van der Waals surface area contributed by atoms with Crippen LogP contribution >= 0.6 is 22.9 Å². The van der Waals surface area contributed by atoms with Gasteiger partial charge in [0.25, 0.3) is 5.91 Å². The number of carbonyl (C=O) groups is 1. The third-order valence-electron chi connectivity index (χ3n) is 5.13. The van der Waals surface area contributed by atoms with Gasteiger partial charge in [0.1, 0.15) is 0 Å². The third-order valence-corrected chi connectivity index (χ3v) is 8.29. The van der Waals surface area contributed by atoms with E-state index in [-0.39, 0.29) is 36.4 Å². The van der Waals surface area contributed by atoms with Gasteiger partial charge in [-0.2, -0.15) is 19.8 Å². The molecule has 1 amide bonds. The summed E-state index contributed by atoms with van der Waals surface area (Å²) in [5.74, 6) is -0.493. The highest BCUT2D eigenvalue weighted by molar-refractivity contribution is 7.89. The summed E-state index contributed by atoms with van der Waals surface area (Å²) in [6, 6.07) is 13.0. The number of fused-ring (bicyclic) bond motifs is 1. The van der Waals surface area contributed by atoms with Gasteiger partial charge in [-0.25, -0.2) is 8.42 Å². The lowest BCUT2D eigenvalue weighted by Gasteiger charge is -2.20. The summed E-state index contributed by atoms with van der Waals surface area (Å²) in [7, 11) is -3.91. The van der Waals surface area contributed by atoms with Crippen LogP contribution in [0.4, 0.5) is 0 Å². The molecule has 0 saturated carbocycles. The minimum atomic E-state index is -3.91. The van der Waals surface area contributed by atoms with Crippen LogP contribution in [0, 0.1) is 29.6 Å². The van der Waals surface area contributed by atoms with Crippen LogP contribution in [0.15, 0.2) is 46.3 Å². The first-order valence-electron chi connectivity index (χ1n) is 10.5. The summed E-state index contributed by atoms with van der Waals surface area (Å²) in [6.45, 7) is 4.51. The quantitative estimate of drug-likeness (QED) is 0.444. The van der Waals surface area contributed by atoms with Crippen LogP contribution in [-0.2, 0) is 16.6 Å². The average Bonchev–Trinajstić information content (AvgIpc) is 3.16. The number of aryl methyl sites for hydroxylation is 2. The topological polar surface area (TPSA) is 119 Å². The van der Waals surface area contributed by atoms with Gasteiger partial charge in [-0.05, 0) is 55.8 Å². The molecule has 0 saturated heterocycles. The summed E-state index contributed by atoms with van der Waals surface area (Å²) in [4.78, 5) is 17.7. The van der Waals surface area contributed by atoms with Crippen molar-refractivity contribution in [3.8, 4) is 12.1 Å². The second kappa shape index (κ2) is 10.9. The molecule has 0 aliphatic rings. The predicted octanol–water partition coefficient (Wildman–Crippen LogP) is 4.24. The Hall–Kier alpha value is -3.02. The zero-order chi connectivity index (χ0) is 24.9. The van der Waals surface area contributed by atoms with E-state index in [1.807, 2.05) is 42.7 Å². The molecule has 1 heterocycles. The fourth-order valence-corrected chi connectivity index (χ4v) is 6.51. The molecular weight excluding hydrogens is 494 g/mol. The zero-order valence-corrected chi connectivity index (χ0v) is 21.0. The fraction of sp³-hybridized carbons (Fsp3) is 0.304. The van der Waals surface area contributed by atoms with E-state index in [2.05, 4.69) is 4.99 Å². The van der Waals surface area contributed by atoms with Crippen molar-refractivity contribution in [1.82, 2.24) is 8.87 Å². The third kappa shape index (κ3) is 5.37. The molecule has 0 fully saturated rings. The smallest absolute Gasteiger partial charge is 0.279 e. The number of rotatable bonds is 8. The number of aromatic nitrogens is 1. The molecule has 34 heavy (non-hydrogen) atoms. The van der Waals surface area contributed by atoms with E-state index in [4.69, 9.17) is 22.1 Å². The molecule has 11 heteroatoms. The van der Waals surface area contributed by atoms with E-state index in [9.17, 15) is 13.2 Å². The van der Waals surface area contributed by atoms with Crippen molar-refractivity contribution in [3.05, 3.63) is 57.3 Å². The van der Waals surface area contributed by atoms with Gasteiger partial charge in [0, 0.05) is 43.1 Å². The van der Waals surface area contributed by atoms with Crippen molar-refractivity contribution >= 4 is 49.1 Å². The first-order chi connectivity index (χ1) is 16.2. The summed E-state index contributed by atoms with van der Waals surface area (Å²) in [5, 5.41) is 18.2. The fourth-order valence-electron chi connectivity index (χ4n) is 3.53. The Balaban J connectivity index is 1.94. The number of sulfonamides is 1. The van der Waals surface area contributed by atoms with E-state index < -0.39 is 15.9 Å². The number of thiazole rings is 1. The minimum Gasteiger partial charge on any atom is -0.316 e. The molecule has 0 unspecified atom stereocenters.